The summed E-state index contributed by atoms with van der Waals surface area (Å²) in [6.45, 7) is 1.91. The minimum absolute atomic E-state index is 0.300. The lowest BCUT2D eigenvalue weighted by molar-refractivity contribution is 0.0599. The Morgan fingerprint density at radius 2 is 1.74 bits per heavy atom. The van der Waals surface area contributed by atoms with Crippen LogP contribution in [0.3, 0.4) is 0 Å². The molecule has 2 aromatic rings. The highest BCUT2D eigenvalue weighted by Gasteiger charge is 2.12. The van der Waals surface area contributed by atoms with Gasteiger partial charge in [0.05, 0.1) is 12.7 Å². The van der Waals surface area contributed by atoms with Gasteiger partial charge in [-0.1, -0.05) is 60.7 Å². The topological polar surface area (TPSA) is 26.3 Å². The normalized spacial score (nSPS) is 10.6. The molecule has 2 aromatic carbocycles. The quantitative estimate of drug-likeness (QED) is 0.610. The fraction of sp³-hybridized carbons (Fsp3) is 0.118. The van der Waals surface area contributed by atoms with E-state index in [9.17, 15) is 4.79 Å². The van der Waals surface area contributed by atoms with Crippen molar-refractivity contribution in [2.45, 2.75) is 6.92 Å². The van der Waals surface area contributed by atoms with E-state index in [1.165, 1.54) is 7.11 Å². The molecule has 0 fully saturated rings. The first-order valence-corrected chi connectivity index (χ1v) is 6.13. The van der Waals surface area contributed by atoms with Crippen molar-refractivity contribution in [3.05, 3.63) is 70.8 Å². The summed E-state index contributed by atoms with van der Waals surface area (Å²) in [5.74, 6) is -0.300. The molecule has 19 heavy (non-hydrogen) atoms. The van der Waals surface area contributed by atoms with Gasteiger partial charge in [-0.25, -0.2) is 4.79 Å². The van der Waals surface area contributed by atoms with E-state index in [0.29, 0.717) is 5.56 Å². The highest BCUT2D eigenvalue weighted by Crippen LogP contribution is 2.18. The lowest BCUT2D eigenvalue weighted by Crippen LogP contribution is -2.06. The van der Waals surface area contributed by atoms with Crippen molar-refractivity contribution in [1.82, 2.24) is 0 Å². The molecule has 0 unspecified atom stereocenters. The number of ether oxygens (including phenoxy) is 1. The van der Waals surface area contributed by atoms with Crippen LogP contribution in [0.1, 0.15) is 27.0 Å². The zero-order valence-electron chi connectivity index (χ0n) is 11.1. The van der Waals surface area contributed by atoms with Gasteiger partial charge in [-0.15, -0.1) is 0 Å². The molecule has 0 bridgehead atoms. The monoisotopic (exact) mass is 252 g/mol. The standard InChI is InChI=1S/C17H16O2/c1-13-7-6-10-15(16(13)17(18)19-2)12-11-14-8-4-3-5-9-14/h3-12H,1-2H3/b12-11+. The minimum atomic E-state index is -0.300. The predicted octanol–water partition coefficient (Wildman–Crippen LogP) is 3.95. The maximum Gasteiger partial charge on any atom is 0.338 e. The van der Waals surface area contributed by atoms with Crippen molar-refractivity contribution >= 4 is 18.1 Å². The van der Waals surface area contributed by atoms with Crippen LogP contribution < -0.4 is 0 Å². The summed E-state index contributed by atoms with van der Waals surface area (Å²) in [5, 5.41) is 0. The molecule has 0 aromatic heterocycles. The van der Waals surface area contributed by atoms with Gasteiger partial charge < -0.3 is 4.74 Å². The summed E-state index contributed by atoms with van der Waals surface area (Å²) < 4.78 is 4.84. The third-order valence-electron chi connectivity index (χ3n) is 2.95. The lowest BCUT2D eigenvalue weighted by atomic mass is 10.0. The highest BCUT2D eigenvalue weighted by molar-refractivity contribution is 5.96. The molecule has 0 saturated heterocycles. The van der Waals surface area contributed by atoms with Gasteiger partial charge >= 0.3 is 5.97 Å². The van der Waals surface area contributed by atoms with Gasteiger partial charge in [0.1, 0.15) is 0 Å². The van der Waals surface area contributed by atoms with E-state index < -0.39 is 0 Å². The summed E-state index contributed by atoms with van der Waals surface area (Å²) in [6.07, 6.45) is 3.93. The Balaban J connectivity index is 2.38. The Bertz CT molecular complexity index is 598. The second-order valence-electron chi connectivity index (χ2n) is 4.27. The zero-order valence-corrected chi connectivity index (χ0v) is 11.1. The molecule has 0 saturated carbocycles. The van der Waals surface area contributed by atoms with E-state index in [2.05, 4.69) is 0 Å². The fourth-order valence-electron chi connectivity index (χ4n) is 1.96. The van der Waals surface area contributed by atoms with Gasteiger partial charge in [-0.2, -0.15) is 0 Å². The molecule has 0 aliphatic heterocycles. The summed E-state index contributed by atoms with van der Waals surface area (Å²) in [6, 6.07) is 15.7. The molecule has 0 atom stereocenters. The van der Waals surface area contributed by atoms with E-state index >= 15 is 0 Å². The largest absolute Gasteiger partial charge is 0.465 e. The summed E-state index contributed by atoms with van der Waals surface area (Å²) in [4.78, 5) is 11.8. The van der Waals surface area contributed by atoms with Gasteiger partial charge in [0.15, 0.2) is 0 Å². The molecule has 0 radical (unpaired) electrons. The molecule has 96 valence electrons. The smallest absolute Gasteiger partial charge is 0.338 e. The van der Waals surface area contributed by atoms with Gasteiger partial charge in [-0.05, 0) is 23.6 Å². The average Bonchev–Trinajstić information content (AvgIpc) is 2.45. The van der Waals surface area contributed by atoms with Crippen molar-refractivity contribution in [2.75, 3.05) is 7.11 Å². The molecule has 0 aliphatic rings. The highest BCUT2D eigenvalue weighted by atomic mass is 16.5. The molecular weight excluding hydrogens is 236 g/mol. The molecule has 0 N–H and O–H groups in total. The number of hydrogen-bond acceptors (Lipinski definition) is 2. The zero-order chi connectivity index (χ0) is 13.7. The third kappa shape index (κ3) is 3.10. The van der Waals surface area contributed by atoms with Crippen LogP contribution in [-0.4, -0.2) is 13.1 Å². The van der Waals surface area contributed by atoms with Crippen molar-refractivity contribution in [3.63, 3.8) is 0 Å². The van der Waals surface area contributed by atoms with Crippen LogP contribution >= 0.6 is 0 Å². The van der Waals surface area contributed by atoms with Gasteiger partial charge in [-0.3, -0.25) is 0 Å². The number of aryl methyl sites for hydroxylation is 1. The molecule has 0 amide bonds. The minimum Gasteiger partial charge on any atom is -0.465 e. The van der Waals surface area contributed by atoms with Crippen molar-refractivity contribution in [3.8, 4) is 0 Å². The number of benzene rings is 2. The van der Waals surface area contributed by atoms with Crippen LogP contribution in [0, 0.1) is 6.92 Å². The Hall–Kier alpha value is -2.35. The van der Waals surface area contributed by atoms with E-state index in [1.54, 1.807) is 0 Å². The average molecular weight is 252 g/mol. The third-order valence-corrected chi connectivity index (χ3v) is 2.95. The van der Waals surface area contributed by atoms with Crippen molar-refractivity contribution in [2.24, 2.45) is 0 Å². The second kappa shape index (κ2) is 6.01. The number of methoxy groups -OCH3 is 1. The first-order valence-electron chi connectivity index (χ1n) is 6.13. The summed E-state index contributed by atoms with van der Waals surface area (Å²) in [5.41, 5.74) is 3.51. The van der Waals surface area contributed by atoms with Crippen molar-refractivity contribution < 1.29 is 9.53 Å². The van der Waals surface area contributed by atoms with Gasteiger partial charge in [0.2, 0.25) is 0 Å². The lowest BCUT2D eigenvalue weighted by Gasteiger charge is -2.07. The van der Waals surface area contributed by atoms with Gasteiger partial charge in [0, 0.05) is 0 Å². The van der Waals surface area contributed by atoms with Crippen LogP contribution in [-0.2, 0) is 4.74 Å². The number of carbonyl (C=O) groups is 1. The molecular formula is C17H16O2. The Morgan fingerprint density at radius 1 is 1.00 bits per heavy atom. The van der Waals surface area contributed by atoms with E-state index in [0.717, 1.165) is 16.7 Å². The maximum atomic E-state index is 11.8. The maximum absolute atomic E-state index is 11.8. The summed E-state index contributed by atoms with van der Waals surface area (Å²) in [7, 11) is 1.40. The molecule has 0 heterocycles. The first-order chi connectivity index (χ1) is 9.22. The predicted molar refractivity (Wildman–Crippen MR) is 77.9 cm³/mol. The Kier molecular flexibility index (Phi) is 4.14. The molecule has 2 rings (SSSR count). The van der Waals surface area contributed by atoms with Crippen LogP contribution in [0.25, 0.3) is 12.2 Å². The SMILES string of the molecule is COC(=O)c1c(C)cccc1/C=C/c1ccccc1. The second-order valence-corrected chi connectivity index (χ2v) is 4.27. The van der Waals surface area contributed by atoms with E-state index in [-0.39, 0.29) is 5.97 Å². The molecule has 2 heteroatoms. The van der Waals surface area contributed by atoms with Crippen molar-refractivity contribution in [1.29, 1.82) is 0 Å². The van der Waals surface area contributed by atoms with E-state index in [4.69, 9.17) is 4.74 Å². The number of carbonyl (C=O) groups excluding carboxylic acids is 1. The van der Waals surface area contributed by atoms with Crippen LogP contribution in [0.2, 0.25) is 0 Å². The molecule has 2 nitrogen and oxygen atoms in total. The first kappa shape index (κ1) is 13.1. The molecule has 0 spiro atoms. The van der Waals surface area contributed by atoms with Crippen LogP contribution in [0.5, 0.6) is 0 Å². The van der Waals surface area contributed by atoms with Gasteiger partial charge in [0.25, 0.3) is 0 Å². The number of rotatable bonds is 3. The number of esters is 1. The van der Waals surface area contributed by atoms with Crippen LogP contribution in [0.4, 0.5) is 0 Å². The van der Waals surface area contributed by atoms with E-state index in [1.807, 2.05) is 67.6 Å². The fourth-order valence-corrected chi connectivity index (χ4v) is 1.96. The Morgan fingerprint density at radius 3 is 2.42 bits per heavy atom. The van der Waals surface area contributed by atoms with Crippen LogP contribution in [0.15, 0.2) is 48.5 Å². The Labute approximate surface area is 113 Å². The molecule has 0 aliphatic carbocycles. The number of hydrogen-bond donors (Lipinski definition) is 0. The summed E-state index contributed by atoms with van der Waals surface area (Å²) >= 11 is 0.